The predicted octanol–water partition coefficient (Wildman–Crippen LogP) is 10.8. The van der Waals surface area contributed by atoms with Crippen LogP contribution >= 0.6 is 0 Å². The van der Waals surface area contributed by atoms with Crippen molar-refractivity contribution in [1.29, 1.82) is 0 Å². The monoisotopic (exact) mass is 808 g/mol. The molecule has 48 heavy (non-hydrogen) atoms. The van der Waals surface area contributed by atoms with Gasteiger partial charge in [-0.1, -0.05) is 92.2 Å². The Kier molecular flexibility index (Phi) is 10.7. The van der Waals surface area contributed by atoms with E-state index in [1.807, 2.05) is 36.7 Å². The van der Waals surface area contributed by atoms with E-state index in [0.29, 0.717) is 5.71 Å². The molecule has 245 valence electrons. The fraction of sp³-hybridized carbons (Fsp3) is 0.233. The summed E-state index contributed by atoms with van der Waals surface area (Å²) >= 11 is 0. The van der Waals surface area contributed by atoms with Gasteiger partial charge in [-0.2, -0.15) is 0 Å². The molecule has 0 bridgehead atoms. The van der Waals surface area contributed by atoms with Gasteiger partial charge in [-0.25, -0.2) is 4.98 Å². The first-order valence-electron chi connectivity index (χ1n) is 16.2. The van der Waals surface area contributed by atoms with Crippen molar-refractivity contribution >= 4 is 22.1 Å². The molecule has 7 aromatic rings. The van der Waals surface area contributed by atoms with Gasteiger partial charge in [0.25, 0.3) is 0 Å². The molecule has 0 N–H and O–H groups in total. The van der Waals surface area contributed by atoms with Gasteiger partial charge in [0.2, 0.25) is 5.71 Å². The molecule has 7 rings (SSSR count). The number of nitrogens with zero attached hydrogens (tertiary/aromatic N) is 3. The number of aromatic nitrogens is 3. The van der Waals surface area contributed by atoms with Gasteiger partial charge in [-0.15, -0.1) is 53.6 Å². The molecule has 0 saturated heterocycles. The van der Waals surface area contributed by atoms with E-state index < -0.39 is 0 Å². The SMILES string of the molecule is Cc1c[c-]c(-c2cc(C)c(C)cn2)cc1.Cc1cnc(-c2[c-]ccc3c2oc2nc(Cc4ccccc4)ccc23)cc1CC(C)(C)C.[Ir]. The quantitative estimate of drug-likeness (QED) is 0.163. The number of pyridine rings is 3. The zero-order valence-corrected chi connectivity index (χ0v) is 31.1. The second-order valence-corrected chi connectivity index (χ2v) is 13.7. The second-order valence-electron chi connectivity index (χ2n) is 13.7. The number of fused-ring (bicyclic) bond motifs is 3. The number of hydrogen-bond donors (Lipinski definition) is 0. The Morgan fingerprint density at radius 1 is 0.729 bits per heavy atom. The summed E-state index contributed by atoms with van der Waals surface area (Å²) in [5, 5.41) is 2.07. The minimum absolute atomic E-state index is 0. The topological polar surface area (TPSA) is 51.8 Å². The van der Waals surface area contributed by atoms with Crippen LogP contribution < -0.4 is 0 Å². The van der Waals surface area contributed by atoms with E-state index in [-0.39, 0.29) is 25.5 Å². The molecule has 0 atom stereocenters. The van der Waals surface area contributed by atoms with E-state index in [4.69, 9.17) is 14.4 Å². The van der Waals surface area contributed by atoms with Gasteiger partial charge in [0.05, 0.1) is 5.58 Å². The van der Waals surface area contributed by atoms with Crippen molar-refractivity contribution in [3.05, 3.63) is 149 Å². The fourth-order valence-electron chi connectivity index (χ4n) is 5.65. The molecule has 0 fully saturated rings. The summed E-state index contributed by atoms with van der Waals surface area (Å²) in [4.78, 5) is 14.0. The van der Waals surface area contributed by atoms with Crippen LogP contribution in [-0.2, 0) is 32.9 Å². The number of hydrogen-bond acceptors (Lipinski definition) is 4. The number of rotatable bonds is 5. The molecule has 1 radical (unpaired) electrons. The van der Waals surface area contributed by atoms with Crippen LogP contribution in [0.15, 0.2) is 102 Å². The molecule has 0 saturated carbocycles. The molecular formula is C43H41IrN3O-2. The van der Waals surface area contributed by atoms with E-state index in [9.17, 15) is 0 Å². The maximum Gasteiger partial charge on any atom is 0.216 e. The Hall–Kier alpha value is -4.44. The predicted molar refractivity (Wildman–Crippen MR) is 193 cm³/mol. The molecule has 3 aromatic carbocycles. The maximum absolute atomic E-state index is 6.31. The largest absolute Gasteiger partial charge is 0.486 e. The zero-order chi connectivity index (χ0) is 33.1. The summed E-state index contributed by atoms with van der Waals surface area (Å²) in [6.07, 6.45) is 5.65. The summed E-state index contributed by atoms with van der Waals surface area (Å²) in [6.45, 7) is 15.2. The minimum atomic E-state index is 0. The number of benzene rings is 3. The molecule has 5 heteroatoms. The van der Waals surface area contributed by atoms with Gasteiger partial charge in [0, 0.05) is 50.0 Å². The van der Waals surface area contributed by atoms with E-state index in [1.165, 1.54) is 33.4 Å². The van der Waals surface area contributed by atoms with E-state index in [1.54, 1.807) is 0 Å². The van der Waals surface area contributed by atoms with Crippen LogP contribution in [0.4, 0.5) is 0 Å². The molecular weight excluding hydrogens is 767 g/mol. The van der Waals surface area contributed by atoms with E-state index in [0.717, 1.165) is 57.4 Å². The Morgan fingerprint density at radius 3 is 2.19 bits per heavy atom. The van der Waals surface area contributed by atoms with Crippen molar-refractivity contribution < 1.29 is 24.5 Å². The normalized spacial score (nSPS) is 11.2. The Morgan fingerprint density at radius 2 is 1.48 bits per heavy atom. The van der Waals surface area contributed by atoms with E-state index >= 15 is 0 Å². The molecule has 0 unspecified atom stereocenters. The first-order valence-corrected chi connectivity index (χ1v) is 16.2. The molecule has 4 heterocycles. The third-order valence-corrected chi connectivity index (χ3v) is 8.39. The minimum Gasteiger partial charge on any atom is -0.486 e. The van der Waals surface area contributed by atoms with Gasteiger partial charge >= 0.3 is 0 Å². The van der Waals surface area contributed by atoms with Crippen molar-refractivity contribution in [2.45, 2.75) is 61.3 Å². The maximum atomic E-state index is 6.31. The average molecular weight is 808 g/mol. The van der Waals surface area contributed by atoms with Crippen molar-refractivity contribution in [3.8, 4) is 22.5 Å². The smallest absolute Gasteiger partial charge is 0.216 e. The van der Waals surface area contributed by atoms with Crippen LogP contribution in [0.25, 0.3) is 44.6 Å². The third-order valence-electron chi connectivity index (χ3n) is 8.39. The van der Waals surface area contributed by atoms with Crippen molar-refractivity contribution in [1.82, 2.24) is 15.0 Å². The van der Waals surface area contributed by atoms with Gasteiger partial charge in [-0.3, -0.25) is 0 Å². The summed E-state index contributed by atoms with van der Waals surface area (Å²) in [7, 11) is 0. The summed E-state index contributed by atoms with van der Waals surface area (Å²) in [5.41, 5.74) is 14.0. The van der Waals surface area contributed by atoms with E-state index in [2.05, 4.69) is 126 Å². The Balaban J connectivity index is 0.000000237. The van der Waals surface area contributed by atoms with Crippen LogP contribution in [0.3, 0.4) is 0 Å². The Bertz CT molecular complexity index is 2160. The molecule has 0 aliphatic carbocycles. The van der Waals surface area contributed by atoms with Crippen molar-refractivity contribution in [2.75, 3.05) is 0 Å². The molecule has 0 amide bonds. The van der Waals surface area contributed by atoms with Gasteiger partial charge in [0.1, 0.15) is 0 Å². The second kappa shape index (κ2) is 14.8. The van der Waals surface area contributed by atoms with Crippen LogP contribution in [0.5, 0.6) is 0 Å². The summed E-state index contributed by atoms with van der Waals surface area (Å²) in [6, 6.07) is 35.6. The van der Waals surface area contributed by atoms with Crippen molar-refractivity contribution in [3.63, 3.8) is 0 Å². The molecule has 0 aliphatic heterocycles. The average Bonchev–Trinajstić information content (AvgIpc) is 3.42. The van der Waals surface area contributed by atoms with Crippen LogP contribution in [0.1, 0.15) is 59.8 Å². The standard InChI is InChI=1S/C29H27N2O.C14H14N.Ir/c1-19-18-30-26(16-21(19)17-29(2,3)4)25-12-8-11-23-24-14-13-22(31-28(24)32-27(23)25)15-20-9-6-5-7-10-20;1-10-4-6-13(7-5-10)14-8-11(2)12(3)9-15-14;/h5-11,13-14,16,18H,15,17H2,1-4H3;4-6,8-9H,1-3H3;/q2*-1;. The Labute approximate surface area is 298 Å². The summed E-state index contributed by atoms with van der Waals surface area (Å²) in [5.74, 6) is 0. The zero-order valence-electron chi connectivity index (χ0n) is 28.7. The number of furan rings is 1. The number of aryl methyl sites for hydroxylation is 4. The molecule has 4 nitrogen and oxygen atoms in total. The first-order chi connectivity index (χ1) is 22.5. The van der Waals surface area contributed by atoms with Crippen LogP contribution in [0, 0.1) is 45.2 Å². The van der Waals surface area contributed by atoms with Gasteiger partial charge < -0.3 is 14.4 Å². The van der Waals surface area contributed by atoms with Crippen LogP contribution in [0.2, 0.25) is 0 Å². The third kappa shape index (κ3) is 8.16. The summed E-state index contributed by atoms with van der Waals surface area (Å²) < 4.78 is 6.31. The van der Waals surface area contributed by atoms with Gasteiger partial charge in [0.15, 0.2) is 0 Å². The van der Waals surface area contributed by atoms with Crippen molar-refractivity contribution in [2.24, 2.45) is 5.41 Å². The molecule has 0 spiro atoms. The fourth-order valence-corrected chi connectivity index (χ4v) is 5.65. The molecule has 0 aliphatic rings. The van der Waals surface area contributed by atoms with Crippen LogP contribution in [-0.4, -0.2) is 15.0 Å². The van der Waals surface area contributed by atoms with Gasteiger partial charge in [-0.05, 0) is 72.8 Å². The first kappa shape index (κ1) is 34.9. The molecule has 4 aromatic heterocycles.